The summed E-state index contributed by atoms with van der Waals surface area (Å²) in [6.45, 7) is 4.77. The number of likely N-dealkylation sites (tertiary alicyclic amines) is 1. The number of aryl methyl sites for hydroxylation is 1. The van der Waals surface area contributed by atoms with E-state index in [0.717, 1.165) is 24.8 Å². The van der Waals surface area contributed by atoms with Crippen molar-refractivity contribution in [1.29, 1.82) is 0 Å². The Kier molecular flexibility index (Phi) is 5.64. The molecule has 128 valence electrons. The van der Waals surface area contributed by atoms with Gasteiger partial charge in [0.1, 0.15) is 10.6 Å². The Balaban J connectivity index is 2.17. The third-order valence-electron chi connectivity index (χ3n) is 3.98. The molecule has 0 aliphatic carbocycles. The molecule has 1 aliphatic rings. The molecule has 1 saturated heterocycles. The van der Waals surface area contributed by atoms with Crippen molar-refractivity contribution < 1.29 is 17.9 Å². The lowest BCUT2D eigenvalue weighted by molar-refractivity contribution is -0.133. The summed E-state index contributed by atoms with van der Waals surface area (Å²) in [5.74, 6) is 0.0839. The van der Waals surface area contributed by atoms with E-state index in [2.05, 4.69) is 4.72 Å². The maximum absolute atomic E-state index is 12.6. The van der Waals surface area contributed by atoms with Gasteiger partial charge in [0, 0.05) is 13.1 Å². The fourth-order valence-electron chi connectivity index (χ4n) is 2.73. The first kappa shape index (κ1) is 17.7. The van der Waals surface area contributed by atoms with Crippen LogP contribution in [0.2, 0.25) is 0 Å². The van der Waals surface area contributed by atoms with Gasteiger partial charge >= 0.3 is 0 Å². The summed E-state index contributed by atoms with van der Waals surface area (Å²) in [6.07, 6.45) is 3.05. The summed E-state index contributed by atoms with van der Waals surface area (Å²) < 4.78 is 32.8. The number of methoxy groups -OCH3 is 1. The van der Waals surface area contributed by atoms with E-state index in [9.17, 15) is 13.2 Å². The van der Waals surface area contributed by atoms with E-state index in [0.29, 0.717) is 13.1 Å². The predicted molar refractivity (Wildman–Crippen MR) is 87.9 cm³/mol. The number of hydrogen-bond acceptors (Lipinski definition) is 4. The van der Waals surface area contributed by atoms with Crippen molar-refractivity contribution in [2.75, 3.05) is 20.2 Å². The molecule has 0 saturated carbocycles. The normalized spacial score (nSPS) is 16.9. The number of rotatable bonds is 5. The van der Waals surface area contributed by atoms with E-state index in [-0.39, 0.29) is 16.6 Å². The number of carbonyl (C=O) groups is 1. The van der Waals surface area contributed by atoms with Crippen LogP contribution < -0.4 is 9.46 Å². The van der Waals surface area contributed by atoms with Crippen molar-refractivity contribution in [2.24, 2.45) is 0 Å². The summed E-state index contributed by atoms with van der Waals surface area (Å²) in [5.41, 5.74) is 0.807. The number of carbonyl (C=O) groups excluding carboxylic acids is 1. The molecule has 1 aliphatic heterocycles. The van der Waals surface area contributed by atoms with E-state index in [1.807, 2.05) is 0 Å². The Morgan fingerprint density at radius 2 is 1.91 bits per heavy atom. The summed E-state index contributed by atoms with van der Waals surface area (Å²) >= 11 is 0. The number of benzene rings is 1. The molecule has 0 radical (unpaired) electrons. The lowest BCUT2D eigenvalue weighted by Gasteiger charge is -2.29. The van der Waals surface area contributed by atoms with E-state index in [1.165, 1.54) is 7.11 Å². The number of ether oxygens (including phenoxy) is 1. The molecule has 2 rings (SSSR count). The fraction of sp³-hybridized carbons (Fsp3) is 0.562. The number of sulfonamides is 1. The molecular formula is C16H24N2O4S. The maximum Gasteiger partial charge on any atom is 0.244 e. The molecule has 1 heterocycles. The first-order valence-corrected chi connectivity index (χ1v) is 9.29. The van der Waals surface area contributed by atoms with Gasteiger partial charge in [0.2, 0.25) is 15.9 Å². The van der Waals surface area contributed by atoms with Crippen molar-refractivity contribution >= 4 is 15.9 Å². The van der Waals surface area contributed by atoms with Crippen LogP contribution in [0.5, 0.6) is 5.75 Å². The molecule has 1 aromatic rings. The first-order chi connectivity index (χ1) is 10.8. The predicted octanol–water partition coefficient (Wildman–Crippen LogP) is 1.68. The van der Waals surface area contributed by atoms with Gasteiger partial charge in [0.15, 0.2) is 0 Å². The molecule has 0 spiro atoms. The Labute approximate surface area is 137 Å². The largest absolute Gasteiger partial charge is 0.495 e. The molecule has 0 unspecified atom stereocenters. The zero-order valence-corrected chi connectivity index (χ0v) is 14.6. The van der Waals surface area contributed by atoms with Gasteiger partial charge in [-0.2, -0.15) is 4.72 Å². The Morgan fingerprint density at radius 3 is 2.52 bits per heavy atom. The number of piperidine rings is 1. The Morgan fingerprint density at radius 1 is 1.26 bits per heavy atom. The van der Waals surface area contributed by atoms with Crippen LogP contribution in [0.15, 0.2) is 23.1 Å². The van der Waals surface area contributed by atoms with E-state index < -0.39 is 16.1 Å². The smallest absolute Gasteiger partial charge is 0.244 e. The summed E-state index contributed by atoms with van der Waals surface area (Å²) in [6, 6.07) is 4.13. The minimum absolute atomic E-state index is 0.0540. The summed E-state index contributed by atoms with van der Waals surface area (Å²) in [7, 11) is -2.41. The van der Waals surface area contributed by atoms with Gasteiger partial charge in [0.25, 0.3) is 0 Å². The van der Waals surface area contributed by atoms with E-state index >= 15 is 0 Å². The van der Waals surface area contributed by atoms with Crippen molar-refractivity contribution in [3.05, 3.63) is 23.8 Å². The van der Waals surface area contributed by atoms with Crippen LogP contribution in [0.25, 0.3) is 0 Å². The van der Waals surface area contributed by atoms with Crippen LogP contribution >= 0.6 is 0 Å². The maximum atomic E-state index is 12.6. The highest BCUT2D eigenvalue weighted by atomic mass is 32.2. The quantitative estimate of drug-likeness (QED) is 0.885. The third kappa shape index (κ3) is 4.23. The van der Waals surface area contributed by atoms with Crippen LogP contribution in [-0.4, -0.2) is 45.5 Å². The van der Waals surface area contributed by atoms with Crippen LogP contribution in [-0.2, 0) is 14.8 Å². The zero-order chi connectivity index (χ0) is 17.0. The van der Waals surface area contributed by atoms with E-state index in [1.54, 1.807) is 36.9 Å². The van der Waals surface area contributed by atoms with Crippen molar-refractivity contribution in [3.63, 3.8) is 0 Å². The highest BCUT2D eigenvalue weighted by Crippen LogP contribution is 2.25. The first-order valence-electron chi connectivity index (χ1n) is 7.81. The average molecular weight is 340 g/mol. The lowest BCUT2D eigenvalue weighted by Crippen LogP contribution is -2.48. The SMILES string of the molecule is COc1ccc(C)cc1S(=O)(=O)N[C@H](C)C(=O)N1CCCCC1. The summed E-state index contributed by atoms with van der Waals surface area (Å²) in [4.78, 5) is 14.2. The van der Waals surface area contributed by atoms with Gasteiger partial charge in [-0.15, -0.1) is 0 Å². The molecule has 6 nitrogen and oxygen atoms in total. The monoisotopic (exact) mass is 340 g/mol. The minimum atomic E-state index is -3.83. The van der Waals surface area contributed by atoms with Gasteiger partial charge < -0.3 is 9.64 Å². The minimum Gasteiger partial charge on any atom is -0.495 e. The highest BCUT2D eigenvalue weighted by molar-refractivity contribution is 7.89. The molecule has 1 aromatic carbocycles. The molecule has 0 aromatic heterocycles. The van der Waals surface area contributed by atoms with Gasteiger partial charge in [-0.3, -0.25) is 4.79 Å². The van der Waals surface area contributed by atoms with E-state index in [4.69, 9.17) is 4.74 Å². The second kappa shape index (κ2) is 7.31. The topological polar surface area (TPSA) is 75.7 Å². The standard InChI is InChI=1S/C16H24N2O4S/c1-12-7-8-14(22-3)15(11-12)23(20,21)17-13(2)16(19)18-9-5-4-6-10-18/h7-8,11,13,17H,4-6,9-10H2,1-3H3/t13-/m1/s1. The number of nitrogens with zero attached hydrogens (tertiary/aromatic N) is 1. The van der Waals surface area contributed by atoms with Gasteiger partial charge in [-0.05, 0) is 50.8 Å². The van der Waals surface area contributed by atoms with Crippen LogP contribution in [0.1, 0.15) is 31.7 Å². The van der Waals surface area contributed by atoms with Crippen LogP contribution in [0.3, 0.4) is 0 Å². The molecule has 23 heavy (non-hydrogen) atoms. The zero-order valence-electron chi connectivity index (χ0n) is 13.8. The second-order valence-corrected chi connectivity index (χ2v) is 7.57. The third-order valence-corrected chi connectivity index (χ3v) is 5.54. The van der Waals surface area contributed by atoms with Gasteiger partial charge in [-0.25, -0.2) is 8.42 Å². The molecule has 1 atom stereocenters. The Bertz CT molecular complexity index is 667. The highest BCUT2D eigenvalue weighted by Gasteiger charge is 2.28. The molecule has 0 bridgehead atoms. The average Bonchev–Trinajstić information content (AvgIpc) is 2.54. The molecule has 1 fully saturated rings. The van der Waals surface area contributed by atoms with Gasteiger partial charge in [-0.1, -0.05) is 6.07 Å². The van der Waals surface area contributed by atoms with Crippen molar-refractivity contribution in [2.45, 2.75) is 44.0 Å². The number of hydrogen-bond donors (Lipinski definition) is 1. The summed E-state index contributed by atoms with van der Waals surface area (Å²) in [5, 5.41) is 0. The van der Waals surface area contributed by atoms with Crippen molar-refractivity contribution in [1.82, 2.24) is 9.62 Å². The molecule has 7 heteroatoms. The Hall–Kier alpha value is -1.60. The molecule has 1 amide bonds. The fourth-order valence-corrected chi connectivity index (χ4v) is 4.18. The second-order valence-electron chi connectivity index (χ2n) is 5.88. The van der Waals surface area contributed by atoms with Crippen molar-refractivity contribution in [3.8, 4) is 5.75 Å². The number of amides is 1. The molecule has 1 N–H and O–H groups in total. The lowest BCUT2D eigenvalue weighted by atomic mass is 10.1. The van der Waals surface area contributed by atoms with Crippen LogP contribution in [0, 0.1) is 6.92 Å². The van der Waals surface area contributed by atoms with Crippen LogP contribution in [0.4, 0.5) is 0 Å². The van der Waals surface area contributed by atoms with Gasteiger partial charge in [0.05, 0.1) is 13.2 Å². The number of nitrogens with one attached hydrogen (secondary N) is 1. The molecular weight excluding hydrogens is 316 g/mol.